The van der Waals surface area contributed by atoms with Crippen molar-refractivity contribution in [2.75, 3.05) is 20.8 Å². The van der Waals surface area contributed by atoms with Gasteiger partial charge in [0.15, 0.2) is 18.1 Å². The zero-order chi connectivity index (χ0) is 19.8. The molecule has 0 aliphatic carbocycles. The van der Waals surface area contributed by atoms with E-state index in [0.29, 0.717) is 32.6 Å². The SMILES string of the molecule is COC(=O)COc1c(Br)cc(/C=N\NCc2c(Cl)cccc2Cl)cc1OC. The molecular formula is C18H17BrCl2N2O4. The molecule has 0 spiro atoms. The average molecular weight is 476 g/mol. The van der Waals surface area contributed by atoms with E-state index in [1.165, 1.54) is 14.2 Å². The predicted molar refractivity (Wildman–Crippen MR) is 109 cm³/mol. The van der Waals surface area contributed by atoms with E-state index in [9.17, 15) is 4.79 Å². The highest BCUT2D eigenvalue weighted by atomic mass is 79.9. The Hall–Kier alpha value is -1.96. The zero-order valence-electron chi connectivity index (χ0n) is 14.6. The number of rotatable bonds is 8. The van der Waals surface area contributed by atoms with Crippen molar-refractivity contribution in [2.45, 2.75) is 6.54 Å². The Morgan fingerprint density at radius 3 is 2.59 bits per heavy atom. The molecule has 0 radical (unpaired) electrons. The van der Waals surface area contributed by atoms with Crippen molar-refractivity contribution in [3.8, 4) is 11.5 Å². The van der Waals surface area contributed by atoms with Crippen LogP contribution >= 0.6 is 39.1 Å². The number of ether oxygens (including phenoxy) is 3. The summed E-state index contributed by atoms with van der Waals surface area (Å²) in [6.45, 7) is 0.159. The van der Waals surface area contributed by atoms with Gasteiger partial charge in [0.25, 0.3) is 0 Å². The quantitative estimate of drug-likeness (QED) is 0.347. The maximum Gasteiger partial charge on any atom is 0.343 e. The molecule has 0 aliphatic rings. The fourth-order valence-corrected chi connectivity index (χ4v) is 3.20. The van der Waals surface area contributed by atoms with Gasteiger partial charge in [0.05, 0.1) is 31.5 Å². The van der Waals surface area contributed by atoms with Gasteiger partial charge in [-0.1, -0.05) is 29.3 Å². The molecule has 0 saturated heterocycles. The number of carbonyl (C=O) groups excluding carboxylic acids is 1. The number of nitrogens with zero attached hydrogens (tertiary/aromatic N) is 1. The Morgan fingerprint density at radius 2 is 1.96 bits per heavy atom. The van der Waals surface area contributed by atoms with Gasteiger partial charge < -0.3 is 19.6 Å². The van der Waals surface area contributed by atoms with E-state index >= 15 is 0 Å². The Labute approximate surface area is 175 Å². The third-order valence-electron chi connectivity index (χ3n) is 3.44. The second kappa shape index (κ2) is 10.4. The fraction of sp³-hybridized carbons (Fsp3) is 0.222. The smallest absolute Gasteiger partial charge is 0.343 e. The molecule has 2 rings (SSSR count). The van der Waals surface area contributed by atoms with Crippen LogP contribution in [-0.2, 0) is 16.1 Å². The summed E-state index contributed by atoms with van der Waals surface area (Å²) in [6, 6.07) is 8.82. The summed E-state index contributed by atoms with van der Waals surface area (Å²) in [4.78, 5) is 11.3. The van der Waals surface area contributed by atoms with Gasteiger partial charge in [-0.3, -0.25) is 0 Å². The highest BCUT2D eigenvalue weighted by molar-refractivity contribution is 9.10. The highest BCUT2D eigenvalue weighted by Crippen LogP contribution is 2.36. The lowest BCUT2D eigenvalue weighted by atomic mass is 10.2. The first kappa shape index (κ1) is 21.3. The van der Waals surface area contributed by atoms with Gasteiger partial charge in [0.2, 0.25) is 0 Å². The van der Waals surface area contributed by atoms with Crippen LogP contribution < -0.4 is 14.9 Å². The summed E-state index contributed by atoms with van der Waals surface area (Å²) in [5, 5.41) is 5.31. The lowest BCUT2D eigenvalue weighted by Crippen LogP contribution is -2.13. The zero-order valence-corrected chi connectivity index (χ0v) is 17.7. The maximum absolute atomic E-state index is 11.3. The average Bonchev–Trinajstić information content (AvgIpc) is 2.65. The van der Waals surface area contributed by atoms with Crippen LogP contribution in [-0.4, -0.2) is 33.0 Å². The van der Waals surface area contributed by atoms with Crippen LogP contribution in [0.4, 0.5) is 0 Å². The van der Waals surface area contributed by atoms with Crippen LogP contribution in [0.25, 0.3) is 0 Å². The summed E-state index contributed by atoms with van der Waals surface area (Å²) < 4.78 is 15.9. The number of hydrogen-bond acceptors (Lipinski definition) is 6. The number of nitrogens with one attached hydrogen (secondary N) is 1. The normalized spacial score (nSPS) is 10.7. The van der Waals surface area contributed by atoms with E-state index in [4.69, 9.17) is 32.7 Å². The van der Waals surface area contributed by atoms with Gasteiger partial charge in [-0.15, -0.1) is 0 Å². The molecule has 0 unspecified atom stereocenters. The van der Waals surface area contributed by atoms with Gasteiger partial charge in [0.1, 0.15) is 0 Å². The summed E-state index contributed by atoms with van der Waals surface area (Å²) in [5.74, 6) is 0.358. The molecule has 0 bridgehead atoms. The third kappa shape index (κ3) is 6.02. The number of esters is 1. The molecule has 9 heteroatoms. The van der Waals surface area contributed by atoms with Crippen molar-refractivity contribution in [1.82, 2.24) is 5.43 Å². The fourth-order valence-electron chi connectivity index (χ4n) is 2.09. The van der Waals surface area contributed by atoms with Crippen LogP contribution in [0.3, 0.4) is 0 Å². The predicted octanol–water partition coefficient (Wildman–Crippen LogP) is 4.44. The van der Waals surface area contributed by atoms with Gasteiger partial charge in [0, 0.05) is 15.6 Å². The van der Waals surface area contributed by atoms with E-state index < -0.39 is 5.97 Å². The minimum atomic E-state index is -0.489. The number of carbonyl (C=O) groups is 1. The van der Waals surface area contributed by atoms with Crippen LogP contribution in [0.5, 0.6) is 11.5 Å². The van der Waals surface area contributed by atoms with Crippen molar-refractivity contribution < 1.29 is 19.0 Å². The first-order valence-corrected chi connectivity index (χ1v) is 9.27. The van der Waals surface area contributed by atoms with Gasteiger partial charge in [-0.25, -0.2) is 4.79 Å². The minimum absolute atomic E-state index is 0.223. The summed E-state index contributed by atoms with van der Waals surface area (Å²) >= 11 is 15.6. The van der Waals surface area contributed by atoms with E-state index in [0.717, 1.165) is 11.1 Å². The Kier molecular flexibility index (Phi) is 8.22. The molecule has 0 aliphatic heterocycles. The van der Waals surface area contributed by atoms with Crippen LogP contribution in [0, 0.1) is 0 Å². The van der Waals surface area contributed by atoms with Crippen molar-refractivity contribution >= 4 is 51.3 Å². The van der Waals surface area contributed by atoms with Gasteiger partial charge >= 0.3 is 5.97 Å². The first-order chi connectivity index (χ1) is 13.0. The monoisotopic (exact) mass is 474 g/mol. The molecule has 27 heavy (non-hydrogen) atoms. The van der Waals surface area contributed by atoms with E-state index in [1.807, 2.05) is 0 Å². The second-order valence-corrected chi connectivity index (χ2v) is 6.86. The molecule has 0 amide bonds. The molecular weight excluding hydrogens is 459 g/mol. The van der Waals surface area contributed by atoms with Gasteiger partial charge in [-0.2, -0.15) is 5.10 Å². The van der Waals surface area contributed by atoms with Crippen LogP contribution in [0.1, 0.15) is 11.1 Å². The summed E-state index contributed by atoms with van der Waals surface area (Å²) in [6.07, 6.45) is 1.61. The number of hydrogen-bond donors (Lipinski definition) is 1. The molecule has 0 fully saturated rings. The summed E-state index contributed by atoms with van der Waals surface area (Å²) in [7, 11) is 2.80. The Balaban J connectivity index is 2.07. The minimum Gasteiger partial charge on any atom is -0.493 e. The molecule has 2 aromatic rings. The second-order valence-electron chi connectivity index (χ2n) is 5.19. The highest BCUT2D eigenvalue weighted by Gasteiger charge is 2.13. The van der Waals surface area contributed by atoms with E-state index in [2.05, 4.69) is 31.2 Å². The largest absolute Gasteiger partial charge is 0.493 e. The van der Waals surface area contributed by atoms with E-state index in [1.54, 1.807) is 36.5 Å². The molecule has 1 N–H and O–H groups in total. The lowest BCUT2D eigenvalue weighted by Gasteiger charge is -2.12. The van der Waals surface area contributed by atoms with Crippen LogP contribution in [0.2, 0.25) is 10.0 Å². The molecule has 0 aromatic heterocycles. The number of hydrazone groups is 1. The molecule has 0 saturated carbocycles. The lowest BCUT2D eigenvalue weighted by molar-refractivity contribution is -0.142. The number of methoxy groups -OCH3 is 2. The Bertz CT molecular complexity index is 826. The summed E-state index contributed by atoms with van der Waals surface area (Å²) in [5.41, 5.74) is 4.42. The standard InChI is InChI=1S/C18H17BrCl2N2O4/c1-25-16-7-11(6-13(19)18(16)27-10-17(24)26-2)8-22-23-9-12-14(20)4-3-5-15(12)21/h3-8,23H,9-10H2,1-2H3/b22-8-. The molecule has 144 valence electrons. The maximum atomic E-state index is 11.3. The molecule has 0 atom stereocenters. The van der Waals surface area contributed by atoms with Crippen molar-refractivity contribution in [1.29, 1.82) is 0 Å². The van der Waals surface area contributed by atoms with Crippen molar-refractivity contribution in [2.24, 2.45) is 5.10 Å². The van der Waals surface area contributed by atoms with Crippen LogP contribution in [0.15, 0.2) is 39.9 Å². The van der Waals surface area contributed by atoms with Crippen molar-refractivity contribution in [3.63, 3.8) is 0 Å². The third-order valence-corrected chi connectivity index (χ3v) is 4.73. The number of benzene rings is 2. The Morgan fingerprint density at radius 1 is 1.26 bits per heavy atom. The first-order valence-electron chi connectivity index (χ1n) is 7.72. The van der Waals surface area contributed by atoms with E-state index in [-0.39, 0.29) is 6.61 Å². The molecule has 6 nitrogen and oxygen atoms in total. The topological polar surface area (TPSA) is 69.2 Å². The van der Waals surface area contributed by atoms with Crippen molar-refractivity contribution in [3.05, 3.63) is 56.0 Å². The molecule has 2 aromatic carbocycles. The van der Waals surface area contributed by atoms with Gasteiger partial charge in [-0.05, 0) is 45.8 Å². The number of halogens is 3. The molecule has 0 heterocycles.